The fourth-order valence-corrected chi connectivity index (χ4v) is 2.86. The molecule has 0 saturated carbocycles. The monoisotopic (exact) mass is 349 g/mol. The molecule has 136 valence electrons. The fourth-order valence-electron chi connectivity index (χ4n) is 2.86. The minimum atomic E-state index is -0.561. The summed E-state index contributed by atoms with van der Waals surface area (Å²) in [7, 11) is 0. The standard InChI is InChI=1S/C18H24FN3O3/c1-11(2)18(25)22-8-6-13(7-9-22)17(24)21-14-4-5-15(19)16(10-14)20-12(3)23/h4-5,10-11,13H,6-9H2,1-3H3,(H,20,23)(H,21,24). The van der Waals surface area contributed by atoms with Crippen LogP contribution in [0.1, 0.15) is 33.6 Å². The van der Waals surface area contributed by atoms with Crippen molar-refractivity contribution < 1.29 is 18.8 Å². The van der Waals surface area contributed by atoms with Crippen LogP contribution in [-0.4, -0.2) is 35.7 Å². The summed E-state index contributed by atoms with van der Waals surface area (Å²) in [4.78, 5) is 37.3. The number of benzene rings is 1. The molecule has 7 heteroatoms. The molecule has 0 atom stereocenters. The van der Waals surface area contributed by atoms with E-state index in [0.717, 1.165) is 0 Å². The van der Waals surface area contributed by atoms with Crippen LogP contribution in [0.2, 0.25) is 0 Å². The van der Waals surface area contributed by atoms with E-state index in [2.05, 4.69) is 10.6 Å². The number of likely N-dealkylation sites (tertiary alicyclic amines) is 1. The van der Waals surface area contributed by atoms with Crippen LogP contribution in [0, 0.1) is 17.7 Å². The first-order chi connectivity index (χ1) is 11.8. The summed E-state index contributed by atoms with van der Waals surface area (Å²) in [5.41, 5.74) is 0.457. The molecule has 3 amide bonds. The van der Waals surface area contributed by atoms with Crippen LogP contribution in [-0.2, 0) is 14.4 Å². The van der Waals surface area contributed by atoms with Crippen molar-refractivity contribution in [3.63, 3.8) is 0 Å². The van der Waals surface area contributed by atoms with Crippen molar-refractivity contribution in [1.82, 2.24) is 4.90 Å². The van der Waals surface area contributed by atoms with Gasteiger partial charge in [0, 0.05) is 37.5 Å². The first kappa shape index (κ1) is 18.9. The van der Waals surface area contributed by atoms with Gasteiger partial charge >= 0.3 is 0 Å². The molecule has 2 N–H and O–H groups in total. The Kier molecular flexibility index (Phi) is 6.12. The Labute approximate surface area is 146 Å². The Bertz CT molecular complexity index is 668. The number of nitrogens with zero attached hydrogens (tertiary/aromatic N) is 1. The smallest absolute Gasteiger partial charge is 0.227 e. The minimum Gasteiger partial charge on any atom is -0.342 e. The van der Waals surface area contributed by atoms with Crippen LogP contribution in [0.4, 0.5) is 15.8 Å². The van der Waals surface area contributed by atoms with Crippen LogP contribution in [0.3, 0.4) is 0 Å². The summed E-state index contributed by atoms with van der Waals surface area (Å²) in [6.45, 7) is 6.15. The third-order valence-electron chi connectivity index (χ3n) is 4.22. The average molecular weight is 349 g/mol. The van der Waals surface area contributed by atoms with Gasteiger partial charge in [0.15, 0.2) is 0 Å². The normalized spacial score (nSPS) is 15.2. The molecule has 1 fully saturated rings. The topological polar surface area (TPSA) is 78.5 Å². The third kappa shape index (κ3) is 5.01. The molecule has 1 saturated heterocycles. The lowest BCUT2D eigenvalue weighted by atomic mass is 9.95. The number of hydrogen-bond acceptors (Lipinski definition) is 3. The molecule has 0 radical (unpaired) electrons. The van der Waals surface area contributed by atoms with Crippen LogP contribution < -0.4 is 10.6 Å². The quantitative estimate of drug-likeness (QED) is 0.877. The van der Waals surface area contributed by atoms with Crippen LogP contribution in [0.25, 0.3) is 0 Å². The van der Waals surface area contributed by atoms with Gasteiger partial charge in [0.1, 0.15) is 5.82 Å². The minimum absolute atomic E-state index is 0.0302. The Morgan fingerprint density at radius 3 is 2.36 bits per heavy atom. The molecule has 1 aliphatic rings. The number of hydrogen-bond donors (Lipinski definition) is 2. The molecule has 1 aliphatic heterocycles. The lowest BCUT2D eigenvalue weighted by molar-refractivity contribution is -0.137. The first-order valence-electron chi connectivity index (χ1n) is 8.44. The van der Waals surface area contributed by atoms with E-state index in [1.54, 1.807) is 4.90 Å². The Morgan fingerprint density at radius 2 is 1.80 bits per heavy atom. The summed E-state index contributed by atoms with van der Waals surface area (Å²) in [6, 6.07) is 4.05. The number of rotatable bonds is 4. The maximum atomic E-state index is 13.6. The summed E-state index contributed by atoms with van der Waals surface area (Å²) in [5, 5.41) is 5.14. The molecule has 0 aliphatic carbocycles. The van der Waals surface area contributed by atoms with Crippen molar-refractivity contribution in [3.8, 4) is 0 Å². The Hall–Kier alpha value is -2.44. The summed E-state index contributed by atoms with van der Waals surface area (Å²) in [5.74, 6) is -1.23. The largest absolute Gasteiger partial charge is 0.342 e. The molecule has 0 unspecified atom stereocenters. The summed E-state index contributed by atoms with van der Waals surface area (Å²) in [6.07, 6.45) is 1.20. The van der Waals surface area contributed by atoms with Crippen LogP contribution in [0.15, 0.2) is 18.2 Å². The molecule has 6 nitrogen and oxygen atoms in total. The predicted molar refractivity (Wildman–Crippen MR) is 93.5 cm³/mol. The molecule has 1 aromatic rings. The van der Waals surface area contributed by atoms with Crippen molar-refractivity contribution in [2.45, 2.75) is 33.6 Å². The number of halogens is 1. The van der Waals surface area contributed by atoms with Gasteiger partial charge in [0.05, 0.1) is 5.69 Å². The summed E-state index contributed by atoms with van der Waals surface area (Å²) < 4.78 is 13.6. The van der Waals surface area contributed by atoms with Gasteiger partial charge < -0.3 is 15.5 Å². The fraction of sp³-hybridized carbons (Fsp3) is 0.500. The molecule has 1 heterocycles. The van der Waals surface area contributed by atoms with Crippen LogP contribution >= 0.6 is 0 Å². The van der Waals surface area contributed by atoms with Crippen molar-refractivity contribution in [3.05, 3.63) is 24.0 Å². The average Bonchev–Trinajstić information content (AvgIpc) is 2.56. The van der Waals surface area contributed by atoms with Crippen molar-refractivity contribution >= 4 is 29.1 Å². The highest BCUT2D eigenvalue weighted by atomic mass is 19.1. The highest BCUT2D eigenvalue weighted by Gasteiger charge is 2.28. The highest BCUT2D eigenvalue weighted by molar-refractivity contribution is 5.94. The van der Waals surface area contributed by atoms with Gasteiger partial charge in [0.25, 0.3) is 0 Å². The zero-order valence-electron chi connectivity index (χ0n) is 14.8. The number of carbonyl (C=O) groups excluding carboxylic acids is 3. The Balaban J connectivity index is 1.95. The van der Waals surface area contributed by atoms with E-state index in [0.29, 0.717) is 31.6 Å². The van der Waals surface area contributed by atoms with Gasteiger partial charge in [-0.25, -0.2) is 4.39 Å². The molecular weight excluding hydrogens is 325 g/mol. The van der Waals surface area contributed by atoms with E-state index in [1.165, 1.54) is 25.1 Å². The van der Waals surface area contributed by atoms with Gasteiger partial charge in [-0.2, -0.15) is 0 Å². The molecule has 0 aromatic heterocycles. The van der Waals surface area contributed by atoms with Gasteiger partial charge in [-0.3, -0.25) is 14.4 Å². The first-order valence-corrected chi connectivity index (χ1v) is 8.44. The SMILES string of the molecule is CC(=O)Nc1cc(NC(=O)C2CCN(C(=O)C(C)C)CC2)ccc1F. The lowest BCUT2D eigenvalue weighted by Crippen LogP contribution is -2.43. The number of carbonyl (C=O) groups is 3. The van der Waals surface area contributed by atoms with Crippen molar-refractivity contribution in [1.29, 1.82) is 0 Å². The maximum Gasteiger partial charge on any atom is 0.227 e. The molecule has 25 heavy (non-hydrogen) atoms. The highest BCUT2D eigenvalue weighted by Crippen LogP contribution is 2.23. The third-order valence-corrected chi connectivity index (χ3v) is 4.22. The predicted octanol–water partition coefficient (Wildman–Crippen LogP) is 2.62. The van der Waals surface area contributed by atoms with E-state index in [9.17, 15) is 18.8 Å². The lowest BCUT2D eigenvalue weighted by Gasteiger charge is -2.32. The van der Waals surface area contributed by atoms with Gasteiger partial charge in [0.2, 0.25) is 17.7 Å². The summed E-state index contributed by atoms with van der Waals surface area (Å²) >= 11 is 0. The van der Waals surface area contributed by atoms with Crippen LogP contribution in [0.5, 0.6) is 0 Å². The molecule has 0 bridgehead atoms. The zero-order valence-corrected chi connectivity index (χ0v) is 14.8. The van der Waals surface area contributed by atoms with E-state index in [4.69, 9.17) is 0 Å². The van der Waals surface area contributed by atoms with Gasteiger partial charge in [-0.15, -0.1) is 0 Å². The van der Waals surface area contributed by atoms with E-state index < -0.39 is 5.82 Å². The maximum absolute atomic E-state index is 13.6. The molecular formula is C18H24FN3O3. The molecule has 0 spiro atoms. The van der Waals surface area contributed by atoms with E-state index >= 15 is 0 Å². The van der Waals surface area contributed by atoms with E-state index in [-0.39, 0.29) is 35.2 Å². The number of nitrogens with one attached hydrogen (secondary N) is 2. The second kappa shape index (κ2) is 8.09. The molecule has 1 aromatic carbocycles. The number of amides is 3. The Morgan fingerprint density at radius 1 is 1.16 bits per heavy atom. The van der Waals surface area contributed by atoms with Gasteiger partial charge in [-0.05, 0) is 31.0 Å². The van der Waals surface area contributed by atoms with E-state index in [1.807, 2.05) is 13.8 Å². The van der Waals surface area contributed by atoms with Crippen molar-refractivity contribution in [2.24, 2.45) is 11.8 Å². The van der Waals surface area contributed by atoms with Crippen molar-refractivity contribution in [2.75, 3.05) is 23.7 Å². The number of anilines is 2. The molecule has 2 rings (SSSR count). The zero-order chi connectivity index (χ0) is 18.6. The number of piperidine rings is 1. The second-order valence-corrected chi connectivity index (χ2v) is 6.62. The van der Waals surface area contributed by atoms with Gasteiger partial charge in [-0.1, -0.05) is 13.8 Å². The second-order valence-electron chi connectivity index (χ2n) is 6.62.